The van der Waals surface area contributed by atoms with Crippen LogP contribution in [0.5, 0.6) is 0 Å². The second kappa shape index (κ2) is 12.3. The van der Waals surface area contributed by atoms with Crippen LogP contribution in [0.4, 0.5) is 0 Å². The van der Waals surface area contributed by atoms with E-state index in [4.69, 9.17) is 10.2 Å². The van der Waals surface area contributed by atoms with Gasteiger partial charge in [-0.3, -0.25) is 0 Å². The fraction of sp³-hybridized carbons (Fsp3) is 1.00. The van der Waals surface area contributed by atoms with Crippen molar-refractivity contribution in [2.75, 3.05) is 6.61 Å². The summed E-state index contributed by atoms with van der Waals surface area (Å²) in [6.07, 6.45) is 9.76. The van der Waals surface area contributed by atoms with Gasteiger partial charge in [-0.05, 0) is 32.6 Å². The van der Waals surface area contributed by atoms with Crippen LogP contribution in [-0.4, -0.2) is 34.1 Å². The fourth-order valence-electron chi connectivity index (χ4n) is 1.95. The highest BCUT2D eigenvalue weighted by atomic mass is 16.3. The van der Waals surface area contributed by atoms with E-state index in [0.717, 1.165) is 25.7 Å². The second-order valence-corrected chi connectivity index (χ2v) is 5.07. The minimum absolute atomic E-state index is 0.237. The van der Waals surface area contributed by atoms with Crippen LogP contribution in [0.2, 0.25) is 0 Å². The fourth-order valence-corrected chi connectivity index (χ4v) is 1.95. The molecule has 0 saturated carbocycles. The molecule has 0 radical (unpaired) electrons. The van der Waals surface area contributed by atoms with E-state index in [1.807, 2.05) is 0 Å². The minimum atomic E-state index is -0.295. The highest BCUT2D eigenvalue weighted by Crippen LogP contribution is 2.12. The van der Waals surface area contributed by atoms with Gasteiger partial charge in [0.1, 0.15) is 0 Å². The minimum Gasteiger partial charge on any atom is -0.396 e. The number of hydrogen-bond donors (Lipinski definition) is 3. The van der Waals surface area contributed by atoms with Crippen LogP contribution >= 0.6 is 0 Å². The largest absolute Gasteiger partial charge is 0.396 e. The predicted octanol–water partition coefficient (Wildman–Crippen LogP) is 2.62. The third-order valence-electron chi connectivity index (χ3n) is 3.11. The van der Waals surface area contributed by atoms with Crippen molar-refractivity contribution < 1.29 is 15.3 Å². The molecule has 0 aromatic heterocycles. The van der Waals surface area contributed by atoms with Crippen molar-refractivity contribution in [1.29, 1.82) is 0 Å². The summed E-state index contributed by atoms with van der Waals surface area (Å²) < 4.78 is 0. The van der Waals surface area contributed by atoms with Crippen molar-refractivity contribution in [1.82, 2.24) is 0 Å². The van der Waals surface area contributed by atoms with Crippen LogP contribution in [0.3, 0.4) is 0 Å². The lowest BCUT2D eigenvalue weighted by Crippen LogP contribution is -2.10. The third kappa shape index (κ3) is 13.8. The topological polar surface area (TPSA) is 60.7 Å². The normalized spacial score (nSPS) is 14.8. The number of unbranched alkanes of at least 4 members (excludes halogenated alkanes) is 6. The van der Waals surface area contributed by atoms with Crippen molar-refractivity contribution in [3.63, 3.8) is 0 Å². The maximum atomic E-state index is 9.63. The molecule has 2 atom stereocenters. The van der Waals surface area contributed by atoms with Crippen LogP contribution < -0.4 is 0 Å². The molecule has 17 heavy (non-hydrogen) atoms. The molecular weight excluding hydrogens is 216 g/mol. The van der Waals surface area contributed by atoms with Gasteiger partial charge < -0.3 is 15.3 Å². The molecule has 0 rings (SSSR count). The first-order valence-corrected chi connectivity index (χ1v) is 7.13. The van der Waals surface area contributed by atoms with Gasteiger partial charge in [0.25, 0.3) is 0 Å². The molecule has 0 spiro atoms. The Morgan fingerprint density at radius 1 is 0.706 bits per heavy atom. The van der Waals surface area contributed by atoms with E-state index in [1.165, 1.54) is 25.7 Å². The Kier molecular flexibility index (Phi) is 12.3. The highest BCUT2D eigenvalue weighted by molar-refractivity contribution is 4.59. The van der Waals surface area contributed by atoms with Crippen LogP contribution in [0, 0.1) is 0 Å². The summed E-state index contributed by atoms with van der Waals surface area (Å²) in [4.78, 5) is 0. The lowest BCUT2D eigenvalue weighted by molar-refractivity contribution is 0.114. The molecule has 3 nitrogen and oxygen atoms in total. The number of hydrogen-bond acceptors (Lipinski definition) is 3. The van der Waals surface area contributed by atoms with Gasteiger partial charge in [-0.25, -0.2) is 0 Å². The number of rotatable bonds is 12. The van der Waals surface area contributed by atoms with Gasteiger partial charge in [0.15, 0.2) is 0 Å². The first kappa shape index (κ1) is 16.9. The molecule has 104 valence electrons. The quantitative estimate of drug-likeness (QED) is 0.464. The molecule has 0 heterocycles. The molecule has 0 aromatic carbocycles. The van der Waals surface area contributed by atoms with Crippen LogP contribution in [0.25, 0.3) is 0 Å². The Bertz CT molecular complexity index is 148. The summed E-state index contributed by atoms with van der Waals surface area (Å²) in [7, 11) is 0. The number of aliphatic hydroxyl groups is 3. The summed E-state index contributed by atoms with van der Waals surface area (Å²) in [5.74, 6) is 0. The summed E-state index contributed by atoms with van der Waals surface area (Å²) in [6.45, 7) is 2.08. The van der Waals surface area contributed by atoms with E-state index in [-0.39, 0.29) is 12.2 Å². The molecule has 0 saturated heterocycles. The molecule has 0 aliphatic rings. The van der Waals surface area contributed by atoms with Crippen molar-refractivity contribution in [2.24, 2.45) is 0 Å². The first-order chi connectivity index (χ1) is 8.16. The van der Waals surface area contributed by atoms with Gasteiger partial charge in [-0.1, -0.05) is 38.5 Å². The van der Waals surface area contributed by atoms with E-state index in [9.17, 15) is 5.11 Å². The summed E-state index contributed by atoms with van der Waals surface area (Å²) in [5, 5.41) is 27.3. The second-order valence-electron chi connectivity index (χ2n) is 5.07. The van der Waals surface area contributed by atoms with E-state index in [2.05, 4.69) is 0 Å². The lowest BCUT2D eigenvalue weighted by atomic mass is 10.0. The molecule has 0 aromatic rings. The van der Waals surface area contributed by atoms with Crippen molar-refractivity contribution >= 4 is 0 Å². The molecule has 0 aliphatic carbocycles. The summed E-state index contributed by atoms with van der Waals surface area (Å²) in [6, 6.07) is 0. The Hall–Kier alpha value is -0.120. The first-order valence-electron chi connectivity index (χ1n) is 7.13. The van der Waals surface area contributed by atoms with E-state index >= 15 is 0 Å². The van der Waals surface area contributed by atoms with E-state index in [0.29, 0.717) is 19.4 Å². The molecule has 0 fully saturated rings. The highest BCUT2D eigenvalue weighted by Gasteiger charge is 2.05. The average molecular weight is 246 g/mol. The van der Waals surface area contributed by atoms with Gasteiger partial charge in [0.05, 0.1) is 12.2 Å². The molecule has 0 bridgehead atoms. The SMILES string of the molecule is CC(O)CCC(O)CCCCCCCCCO. The zero-order valence-corrected chi connectivity index (χ0v) is 11.3. The van der Waals surface area contributed by atoms with Crippen molar-refractivity contribution in [3.05, 3.63) is 0 Å². The molecule has 2 unspecified atom stereocenters. The van der Waals surface area contributed by atoms with E-state index in [1.54, 1.807) is 6.92 Å². The number of aliphatic hydroxyl groups excluding tert-OH is 3. The standard InChI is InChI=1S/C14H30O3/c1-13(16)10-11-14(17)9-7-5-3-2-4-6-8-12-15/h13-17H,2-12H2,1H3. The van der Waals surface area contributed by atoms with Crippen LogP contribution in [-0.2, 0) is 0 Å². The van der Waals surface area contributed by atoms with E-state index < -0.39 is 0 Å². The molecular formula is C14H30O3. The predicted molar refractivity (Wildman–Crippen MR) is 70.9 cm³/mol. The van der Waals surface area contributed by atoms with Gasteiger partial charge in [0, 0.05) is 6.61 Å². The van der Waals surface area contributed by atoms with Crippen LogP contribution in [0.1, 0.15) is 71.1 Å². The summed E-state index contributed by atoms with van der Waals surface area (Å²) in [5.41, 5.74) is 0. The smallest absolute Gasteiger partial charge is 0.0541 e. The lowest BCUT2D eigenvalue weighted by Gasteiger charge is -2.11. The van der Waals surface area contributed by atoms with Gasteiger partial charge in [-0.2, -0.15) is 0 Å². The van der Waals surface area contributed by atoms with Crippen molar-refractivity contribution in [2.45, 2.75) is 83.3 Å². The summed E-state index contributed by atoms with van der Waals surface area (Å²) >= 11 is 0. The van der Waals surface area contributed by atoms with Crippen LogP contribution in [0.15, 0.2) is 0 Å². The molecule has 0 aliphatic heterocycles. The Balaban J connectivity index is 3.11. The van der Waals surface area contributed by atoms with Gasteiger partial charge in [0.2, 0.25) is 0 Å². The Morgan fingerprint density at radius 2 is 1.24 bits per heavy atom. The molecule has 3 heteroatoms. The van der Waals surface area contributed by atoms with Gasteiger partial charge >= 0.3 is 0 Å². The monoisotopic (exact) mass is 246 g/mol. The Labute approximate surface area is 106 Å². The molecule has 3 N–H and O–H groups in total. The maximum Gasteiger partial charge on any atom is 0.0541 e. The zero-order valence-electron chi connectivity index (χ0n) is 11.3. The third-order valence-corrected chi connectivity index (χ3v) is 3.11. The average Bonchev–Trinajstić information content (AvgIpc) is 2.30. The Morgan fingerprint density at radius 3 is 1.76 bits per heavy atom. The molecule has 0 amide bonds. The van der Waals surface area contributed by atoms with Crippen molar-refractivity contribution in [3.8, 4) is 0 Å². The van der Waals surface area contributed by atoms with Gasteiger partial charge in [-0.15, -0.1) is 0 Å². The zero-order chi connectivity index (χ0) is 12.9. The maximum absolute atomic E-state index is 9.63.